The lowest BCUT2D eigenvalue weighted by Gasteiger charge is -2.41. The second kappa shape index (κ2) is 9.24. The van der Waals surface area contributed by atoms with Gasteiger partial charge >= 0.3 is 0 Å². The Kier molecular flexibility index (Phi) is 6.56. The molecule has 0 saturated carbocycles. The fraction of sp³-hybridized carbons (Fsp3) is 0.448. The van der Waals surface area contributed by atoms with Crippen LogP contribution >= 0.6 is 0 Å². The number of pyridine rings is 1. The Hall–Kier alpha value is -2.75. The van der Waals surface area contributed by atoms with Crippen LogP contribution in [0.2, 0.25) is 0 Å². The van der Waals surface area contributed by atoms with Crippen LogP contribution in [-0.4, -0.2) is 17.4 Å². The van der Waals surface area contributed by atoms with Gasteiger partial charge in [-0.25, -0.2) is 4.39 Å². The van der Waals surface area contributed by atoms with Crippen LogP contribution in [0.5, 0.6) is 0 Å². The van der Waals surface area contributed by atoms with Gasteiger partial charge in [-0.15, -0.1) is 0 Å². The highest BCUT2D eigenvalue weighted by molar-refractivity contribution is 6.02. The summed E-state index contributed by atoms with van der Waals surface area (Å²) >= 11 is 0. The number of nitrogens with one attached hydrogen (secondary N) is 1. The molecule has 1 atom stereocenters. The van der Waals surface area contributed by atoms with Crippen molar-refractivity contribution in [1.29, 1.82) is 0 Å². The molecular formula is C29H35FN2O. The lowest BCUT2D eigenvalue weighted by Crippen LogP contribution is -2.45. The monoisotopic (exact) mass is 446 g/mol. The van der Waals surface area contributed by atoms with Crippen LogP contribution in [0.3, 0.4) is 0 Å². The molecule has 1 aliphatic heterocycles. The standard InChI is InChI=1S/C29H35FN2O/c1-6-21-22(27-19(5)29(7-2,15-18(3)4)17-32-28(27)33)13-12-20-16-31-26(14-24(20)21)23-10-8-9-11-25(23)30/h8-11,14,16,18H,6-7,12-13,15,17H2,1-5H3,(H,32,33). The number of nitrogens with zero attached hydrogens (tertiary/aromatic N) is 1. The smallest absolute Gasteiger partial charge is 0.251 e. The van der Waals surface area contributed by atoms with Gasteiger partial charge in [0.2, 0.25) is 0 Å². The lowest BCUT2D eigenvalue weighted by atomic mass is 9.67. The van der Waals surface area contributed by atoms with E-state index in [-0.39, 0.29) is 17.1 Å². The van der Waals surface area contributed by atoms with E-state index in [1.807, 2.05) is 18.3 Å². The number of benzene rings is 1. The van der Waals surface area contributed by atoms with Crippen molar-refractivity contribution in [3.8, 4) is 11.3 Å². The zero-order valence-corrected chi connectivity index (χ0v) is 20.5. The van der Waals surface area contributed by atoms with Gasteiger partial charge in [0.15, 0.2) is 0 Å². The molecule has 1 amide bonds. The Bertz CT molecular complexity index is 1140. The Balaban J connectivity index is 1.89. The number of aromatic nitrogens is 1. The maximum Gasteiger partial charge on any atom is 0.251 e. The number of amides is 1. The van der Waals surface area contributed by atoms with Gasteiger partial charge in [0, 0.05) is 29.3 Å². The number of hydrogen-bond acceptors (Lipinski definition) is 2. The summed E-state index contributed by atoms with van der Waals surface area (Å²) in [6.45, 7) is 11.8. The Morgan fingerprint density at radius 3 is 2.58 bits per heavy atom. The first-order chi connectivity index (χ1) is 15.8. The molecule has 1 aliphatic carbocycles. The molecule has 174 valence electrons. The van der Waals surface area contributed by atoms with Crippen molar-refractivity contribution in [2.75, 3.05) is 6.54 Å². The van der Waals surface area contributed by atoms with Crippen molar-refractivity contribution in [3.63, 3.8) is 0 Å². The number of rotatable bonds is 6. The van der Waals surface area contributed by atoms with Crippen molar-refractivity contribution in [3.05, 3.63) is 70.2 Å². The van der Waals surface area contributed by atoms with Crippen LogP contribution in [0.25, 0.3) is 16.8 Å². The molecule has 0 radical (unpaired) electrons. The van der Waals surface area contributed by atoms with Crippen LogP contribution in [0.1, 0.15) is 71.4 Å². The normalized spacial score (nSPS) is 20.9. The first kappa shape index (κ1) is 23.4. The van der Waals surface area contributed by atoms with Crippen LogP contribution in [0.15, 0.2) is 53.2 Å². The Labute approximate surface area is 197 Å². The van der Waals surface area contributed by atoms with E-state index in [1.165, 1.54) is 22.8 Å². The number of carbonyl (C=O) groups is 1. The van der Waals surface area contributed by atoms with Gasteiger partial charge in [-0.05, 0) is 85.4 Å². The van der Waals surface area contributed by atoms with E-state index in [1.54, 1.807) is 12.1 Å². The first-order valence-electron chi connectivity index (χ1n) is 12.3. The number of allylic oxidation sites excluding steroid dienone is 1. The molecule has 1 aromatic carbocycles. The van der Waals surface area contributed by atoms with Crippen molar-refractivity contribution < 1.29 is 9.18 Å². The van der Waals surface area contributed by atoms with Gasteiger partial charge in [-0.1, -0.05) is 45.4 Å². The van der Waals surface area contributed by atoms with E-state index in [2.05, 4.69) is 44.9 Å². The topological polar surface area (TPSA) is 42.0 Å². The molecule has 2 aliphatic rings. The molecule has 4 rings (SSSR count). The van der Waals surface area contributed by atoms with E-state index >= 15 is 0 Å². The maximum atomic E-state index is 14.5. The number of carbonyl (C=O) groups excluding carboxylic acids is 1. The second-order valence-corrected chi connectivity index (χ2v) is 9.93. The van der Waals surface area contributed by atoms with Crippen molar-refractivity contribution in [1.82, 2.24) is 10.3 Å². The molecule has 0 saturated heterocycles. The molecule has 1 unspecified atom stereocenters. The van der Waals surface area contributed by atoms with Gasteiger partial charge in [-0.3, -0.25) is 9.78 Å². The number of halogens is 1. The van der Waals surface area contributed by atoms with Crippen LogP contribution < -0.4 is 5.32 Å². The van der Waals surface area contributed by atoms with Gasteiger partial charge in [0.05, 0.1) is 5.69 Å². The SMILES string of the molecule is CCC1=C(C2=C(C)C(CC)(CC(C)C)CNC2=O)CCc2cnc(-c3ccccc3F)cc21. The number of hydrogen-bond donors (Lipinski definition) is 1. The molecular weight excluding hydrogens is 411 g/mol. The van der Waals surface area contributed by atoms with Crippen molar-refractivity contribution in [2.45, 2.75) is 66.7 Å². The summed E-state index contributed by atoms with van der Waals surface area (Å²) < 4.78 is 14.5. The number of fused-ring (bicyclic) bond motifs is 1. The molecule has 1 N–H and O–H groups in total. The van der Waals surface area contributed by atoms with E-state index in [0.717, 1.165) is 48.8 Å². The molecule has 33 heavy (non-hydrogen) atoms. The van der Waals surface area contributed by atoms with E-state index in [4.69, 9.17) is 0 Å². The second-order valence-electron chi connectivity index (χ2n) is 9.93. The molecule has 2 aromatic rings. The van der Waals surface area contributed by atoms with Crippen LogP contribution in [0, 0.1) is 17.2 Å². The average Bonchev–Trinajstić information content (AvgIpc) is 2.80. The number of aryl methyl sites for hydroxylation is 1. The van der Waals surface area contributed by atoms with Gasteiger partial charge in [0.25, 0.3) is 5.91 Å². The van der Waals surface area contributed by atoms with Gasteiger partial charge in [-0.2, -0.15) is 0 Å². The quantitative estimate of drug-likeness (QED) is 0.525. The highest BCUT2D eigenvalue weighted by Crippen LogP contribution is 2.46. The lowest BCUT2D eigenvalue weighted by molar-refractivity contribution is -0.118. The third-order valence-corrected chi connectivity index (χ3v) is 7.59. The van der Waals surface area contributed by atoms with E-state index in [9.17, 15) is 9.18 Å². The first-order valence-corrected chi connectivity index (χ1v) is 12.3. The van der Waals surface area contributed by atoms with Crippen molar-refractivity contribution >= 4 is 11.5 Å². The molecule has 0 spiro atoms. The highest BCUT2D eigenvalue weighted by Gasteiger charge is 2.40. The molecule has 3 nitrogen and oxygen atoms in total. The minimum absolute atomic E-state index is 0.000109. The van der Waals surface area contributed by atoms with Gasteiger partial charge < -0.3 is 5.32 Å². The van der Waals surface area contributed by atoms with E-state index < -0.39 is 0 Å². The summed E-state index contributed by atoms with van der Waals surface area (Å²) in [7, 11) is 0. The fourth-order valence-electron chi connectivity index (χ4n) is 5.84. The third-order valence-electron chi connectivity index (χ3n) is 7.59. The predicted octanol–water partition coefficient (Wildman–Crippen LogP) is 6.89. The highest BCUT2D eigenvalue weighted by atomic mass is 19.1. The fourth-order valence-corrected chi connectivity index (χ4v) is 5.84. The molecule has 2 heterocycles. The summed E-state index contributed by atoms with van der Waals surface area (Å²) in [6.07, 6.45) is 6.45. The largest absolute Gasteiger partial charge is 0.351 e. The Morgan fingerprint density at radius 2 is 1.91 bits per heavy atom. The summed E-state index contributed by atoms with van der Waals surface area (Å²) in [5, 5.41) is 3.23. The summed E-state index contributed by atoms with van der Waals surface area (Å²) in [5.41, 5.74) is 7.90. The predicted molar refractivity (Wildman–Crippen MR) is 133 cm³/mol. The van der Waals surface area contributed by atoms with Crippen LogP contribution in [-0.2, 0) is 11.2 Å². The zero-order chi connectivity index (χ0) is 23.8. The van der Waals surface area contributed by atoms with E-state index in [0.29, 0.717) is 23.7 Å². The van der Waals surface area contributed by atoms with Crippen molar-refractivity contribution in [2.24, 2.45) is 11.3 Å². The minimum Gasteiger partial charge on any atom is -0.351 e. The van der Waals surface area contributed by atoms with Gasteiger partial charge in [0.1, 0.15) is 5.82 Å². The third kappa shape index (κ3) is 4.16. The summed E-state index contributed by atoms with van der Waals surface area (Å²) in [6, 6.07) is 8.79. The maximum absolute atomic E-state index is 14.5. The summed E-state index contributed by atoms with van der Waals surface area (Å²) in [4.78, 5) is 17.8. The minimum atomic E-state index is -0.269. The van der Waals surface area contributed by atoms with Crippen LogP contribution in [0.4, 0.5) is 4.39 Å². The molecule has 0 fully saturated rings. The Morgan fingerprint density at radius 1 is 1.15 bits per heavy atom. The molecule has 0 bridgehead atoms. The molecule has 4 heteroatoms. The zero-order valence-electron chi connectivity index (χ0n) is 20.5. The molecule has 1 aromatic heterocycles. The average molecular weight is 447 g/mol. The summed E-state index contributed by atoms with van der Waals surface area (Å²) in [5.74, 6) is 0.333.